The van der Waals surface area contributed by atoms with Crippen LogP contribution in [0, 0.1) is 13.8 Å². The maximum absolute atomic E-state index is 13.5. The molecule has 0 aliphatic carbocycles. The number of piperidine rings is 1. The van der Waals surface area contributed by atoms with E-state index in [2.05, 4.69) is 27.1 Å². The van der Waals surface area contributed by atoms with E-state index in [0.717, 1.165) is 44.2 Å². The minimum atomic E-state index is -4.71. The molecule has 0 bridgehead atoms. The van der Waals surface area contributed by atoms with Crippen molar-refractivity contribution in [3.05, 3.63) is 61.5 Å². The van der Waals surface area contributed by atoms with Gasteiger partial charge in [0.2, 0.25) is 0 Å². The summed E-state index contributed by atoms with van der Waals surface area (Å²) in [6.45, 7) is 7.33. The lowest BCUT2D eigenvalue weighted by Gasteiger charge is -2.39. The smallest absolute Gasteiger partial charge is 0.368 e. The lowest BCUT2D eigenvalue weighted by Crippen LogP contribution is -2.44. The summed E-state index contributed by atoms with van der Waals surface area (Å²) in [5.41, 5.74) is -0.585. The van der Waals surface area contributed by atoms with E-state index in [1.165, 1.54) is 13.0 Å². The van der Waals surface area contributed by atoms with Crippen molar-refractivity contribution in [1.29, 1.82) is 0 Å². The van der Waals surface area contributed by atoms with Crippen LogP contribution in [0.3, 0.4) is 0 Å². The Hall–Kier alpha value is -2.52. The summed E-state index contributed by atoms with van der Waals surface area (Å²) < 4.78 is 40.4. The number of pyridine rings is 1. The fourth-order valence-electron chi connectivity index (χ4n) is 4.54. The molecular formula is C24H30ClF3N4O2. The second-order valence-electron chi connectivity index (χ2n) is 8.77. The number of likely N-dealkylation sites (tertiary alicyclic amines) is 1. The van der Waals surface area contributed by atoms with Gasteiger partial charge in [-0.25, -0.2) is 0 Å². The van der Waals surface area contributed by atoms with Crippen LogP contribution in [0.1, 0.15) is 52.5 Å². The van der Waals surface area contributed by atoms with E-state index in [9.17, 15) is 22.8 Å². The molecule has 0 unspecified atom stereocenters. The molecular weight excluding hydrogens is 469 g/mol. The van der Waals surface area contributed by atoms with E-state index in [-0.39, 0.29) is 11.3 Å². The van der Waals surface area contributed by atoms with Crippen LogP contribution in [0.25, 0.3) is 0 Å². The Bertz CT molecular complexity index is 1110. The highest BCUT2D eigenvalue weighted by atomic mass is 35.5. The van der Waals surface area contributed by atoms with Gasteiger partial charge in [-0.3, -0.25) is 9.59 Å². The number of aryl methyl sites for hydroxylation is 1. The van der Waals surface area contributed by atoms with Gasteiger partial charge in [0.1, 0.15) is 0 Å². The second-order valence-corrected chi connectivity index (χ2v) is 9.21. The van der Waals surface area contributed by atoms with Crippen molar-refractivity contribution in [2.75, 3.05) is 31.6 Å². The number of rotatable bonds is 6. The van der Waals surface area contributed by atoms with Gasteiger partial charge in [-0.15, -0.1) is 0 Å². The van der Waals surface area contributed by atoms with Crippen LogP contribution in [0.5, 0.6) is 0 Å². The van der Waals surface area contributed by atoms with Gasteiger partial charge in [0.15, 0.2) is 0 Å². The molecule has 10 heteroatoms. The molecule has 1 fully saturated rings. The number of hydrogen-bond donors (Lipinski definition) is 2. The largest absolute Gasteiger partial charge is 0.417 e. The van der Waals surface area contributed by atoms with E-state index in [0.29, 0.717) is 16.6 Å². The Morgan fingerprint density at radius 1 is 1.24 bits per heavy atom. The number of nitrogens with zero attached hydrogens (tertiary/aromatic N) is 2. The van der Waals surface area contributed by atoms with Crippen LogP contribution >= 0.6 is 11.6 Å². The molecule has 6 nitrogen and oxygen atoms in total. The average Bonchev–Trinajstić information content (AvgIpc) is 2.75. The molecule has 2 aromatic rings. The number of aromatic nitrogens is 1. The molecule has 0 spiro atoms. The van der Waals surface area contributed by atoms with Crippen molar-refractivity contribution in [2.24, 2.45) is 0 Å². The highest BCUT2D eigenvalue weighted by Crippen LogP contribution is 2.33. The molecule has 1 saturated heterocycles. The molecule has 0 saturated carbocycles. The van der Waals surface area contributed by atoms with Crippen LogP contribution in [0.2, 0.25) is 5.02 Å². The minimum Gasteiger partial charge on any atom is -0.368 e. The van der Waals surface area contributed by atoms with Gasteiger partial charge in [0, 0.05) is 46.7 Å². The SMILES string of the molecule is CCN(c1cc(Cl)cc(C(=O)NCc2c(C(F)(F)F)cc(C)[nH]c2=O)c1C)C1CCN(C)CC1. The summed E-state index contributed by atoms with van der Waals surface area (Å²) in [6, 6.07) is 4.49. The first-order valence-corrected chi connectivity index (χ1v) is 11.6. The number of hydrogen-bond acceptors (Lipinski definition) is 4. The molecule has 0 atom stereocenters. The van der Waals surface area contributed by atoms with Gasteiger partial charge in [-0.2, -0.15) is 13.2 Å². The Morgan fingerprint density at radius 2 is 1.88 bits per heavy atom. The number of carbonyl (C=O) groups is 1. The highest BCUT2D eigenvalue weighted by molar-refractivity contribution is 6.31. The predicted octanol–water partition coefficient (Wildman–Crippen LogP) is 4.51. The van der Waals surface area contributed by atoms with Crippen LogP contribution in [-0.4, -0.2) is 48.5 Å². The number of alkyl halides is 3. The highest BCUT2D eigenvalue weighted by Gasteiger charge is 2.35. The summed E-state index contributed by atoms with van der Waals surface area (Å²) in [5, 5.41) is 2.85. The Labute approximate surface area is 202 Å². The number of amides is 1. The molecule has 186 valence electrons. The maximum Gasteiger partial charge on any atom is 0.417 e. The number of anilines is 1. The lowest BCUT2D eigenvalue weighted by atomic mass is 9.99. The molecule has 34 heavy (non-hydrogen) atoms. The van der Waals surface area contributed by atoms with Crippen molar-refractivity contribution in [2.45, 2.75) is 52.4 Å². The summed E-state index contributed by atoms with van der Waals surface area (Å²) in [6.07, 6.45) is -2.75. The summed E-state index contributed by atoms with van der Waals surface area (Å²) in [4.78, 5) is 32.1. The second kappa shape index (κ2) is 10.4. The molecule has 1 amide bonds. The van der Waals surface area contributed by atoms with Crippen molar-refractivity contribution >= 4 is 23.2 Å². The molecule has 2 N–H and O–H groups in total. The Kier molecular flexibility index (Phi) is 7.98. The number of carbonyl (C=O) groups excluding carboxylic acids is 1. The van der Waals surface area contributed by atoms with Gasteiger partial charge >= 0.3 is 6.18 Å². The van der Waals surface area contributed by atoms with Crippen molar-refractivity contribution in [1.82, 2.24) is 15.2 Å². The number of H-pyrrole nitrogens is 1. The summed E-state index contributed by atoms with van der Waals surface area (Å²) in [7, 11) is 2.09. The number of aromatic amines is 1. The van der Waals surface area contributed by atoms with Crippen molar-refractivity contribution < 1.29 is 18.0 Å². The standard InChI is InChI=1S/C24H30ClF3N4O2/c1-5-32(17-6-8-31(4)9-7-17)21-12-16(25)11-18(15(21)3)22(33)29-13-19-20(24(26,27)28)10-14(2)30-23(19)34/h10-12,17H,5-9,13H2,1-4H3,(H,29,33)(H,30,34). The number of benzene rings is 1. The fraction of sp³-hybridized carbons (Fsp3) is 0.500. The third kappa shape index (κ3) is 5.75. The molecule has 3 rings (SSSR count). The van der Waals surface area contributed by atoms with Gasteiger partial charge < -0.3 is 20.1 Å². The van der Waals surface area contributed by atoms with E-state index < -0.39 is 35.3 Å². The Morgan fingerprint density at radius 3 is 2.47 bits per heavy atom. The molecule has 1 aliphatic rings. The lowest BCUT2D eigenvalue weighted by molar-refractivity contribution is -0.138. The maximum atomic E-state index is 13.5. The topological polar surface area (TPSA) is 68.4 Å². The van der Waals surface area contributed by atoms with Crippen LogP contribution < -0.4 is 15.8 Å². The minimum absolute atomic E-state index is 0.0938. The molecule has 0 radical (unpaired) electrons. The van der Waals surface area contributed by atoms with E-state index in [4.69, 9.17) is 11.6 Å². The van der Waals surface area contributed by atoms with Crippen molar-refractivity contribution in [3.63, 3.8) is 0 Å². The van der Waals surface area contributed by atoms with Gasteiger partial charge in [-0.05, 0) is 77.5 Å². The third-order valence-corrected chi connectivity index (χ3v) is 6.59. The van der Waals surface area contributed by atoms with Gasteiger partial charge in [-0.1, -0.05) is 11.6 Å². The van der Waals surface area contributed by atoms with Gasteiger partial charge in [0.05, 0.1) is 5.56 Å². The first kappa shape index (κ1) is 26.1. The van der Waals surface area contributed by atoms with E-state index in [1.807, 2.05) is 13.0 Å². The van der Waals surface area contributed by atoms with Crippen LogP contribution in [0.4, 0.5) is 18.9 Å². The average molecular weight is 499 g/mol. The number of halogens is 4. The molecule has 1 aromatic heterocycles. The monoisotopic (exact) mass is 498 g/mol. The number of nitrogens with one attached hydrogen (secondary N) is 2. The molecule has 2 heterocycles. The molecule has 1 aromatic carbocycles. The van der Waals surface area contributed by atoms with Crippen LogP contribution in [-0.2, 0) is 12.7 Å². The third-order valence-electron chi connectivity index (χ3n) is 6.37. The normalized spacial score (nSPS) is 15.4. The summed E-state index contributed by atoms with van der Waals surface area (Å²) >= 11 is 6.36. The van der Waals surface area contributed by atoms with E-state index >= 15 is 0 Å². The van der Waals surface area contributed by atoms with Crippen molar-refractivity contribution in [3.8, 4) is 0 Å². The van der Waals surface area contributed by atoms with E-state index in [1.54, 1.807) is 6.92 Å². The molecule has 1 aliphatic heterocycles. The zero-order valence-electron chi connectivity index (χ0n) is 19.8. The first-order chi connectivity index (χ1) is 15.9. The van der Waals surface area contributed by atoms with Crippen LogP contribution in [0.15, 0.2) is 23.0 Å². The Balaban J connectivity index is 1.88. The summed E-state index contributed by atoms with van der Waals surface area (Å²) in [5.74, 6) is -0.589. The first-order valence-electron chi connectivity index (χ1n) is 11.3. The zero-order chi connectivity index (χ0) is 25.2. The zero-order valence-corrected chi connectivity index (χ0v) is 20.5. The van der Waals surface area contributed by atoms with Gasteiger partial charge in [0.25, 0.3) is 11.5 Å². The predicted molar refractivity (Wildman–Crippen MR) is 128 cm³/mol. The quantitative estimate of drug-likeness (QED) is 0.614. The fourth-order valence-corrected chi connectivity index (χ4v) is 4.75.